The molecule has 0 bridgehead atoms. The summed E-state index contributed by atoms with van der Waals surface area (Å²) in [5, 5.41) is 0. The van der Waals surface area contributed by atoms with Crippen LogP contribution in [0.2, 0.25) is 0 Å². The third-order valence-corrected chi connectivity index (χ3v) is 3.05. The fourth-order valence-electron chi connectivity index (χ4n) is 1.61. The molecule has 0 aliphatic heterocycles. The molecule has 1 rings (SSSR count). The van der Waals surface area contributed by atoms with Gasteiger partial charge in [0.05, 0.1) is 19.8 Å². The molecule has 0 atom stereocenters. The van der Waals surface area contributed by atoms with Crippen LogP contribution in [-0.2, 0) is 15.4 Å². The smallest absolute Gasteiger partial charge is 0.213 e. The van der Waals surface area contributed by atoms with E-state index < -0.39 is 0 Å². The summed E-state index contributed by atoms with van der Waals surface area (Å²) in [5.74, 6) is 1.47. The summed E-state index contributed by atoms with van der Waals surface area (Å²) < 4.78 is 15.9. The van der Waals surface area contributed by atoms with Crippen LogP contribution in [0.1, 0.15) is 37.4 Å². The third kappa shape index (κ3) is 6.55. The molecule has 0 saturated heterocycles. The van der Waals surface area contributed by atoms with Gasteiger partial charge in [-0.15, -0.1) is 11.6 Å². The molecular weight excluding hydrogens is 278 g/mol. The molecule has 5 heteroatoms. The van der Waals surface area contributed by atoms with Crippen LogP contribution in [0, 0.1) is 0 Å². The zero-order valence-corrected chi connectivity index (χ0v) is 13.3. The van der Waals surface area contributed by atoms with Crippen molar-refractivity contribution in [3.05, 3.63) is 23.4 Å². The van der Waals surface area contributed by atoms with E-state index in [1.54, 1.807) is 7.11 Å². The minimum atomic E-state index is 0.359. The van der Waals surface area contributed by atoms with Gasteiger partial charge in [0.2, 0.25) is 5.88 Å². The van der Waals surface area contributed by atoms with Crippen LogP contribution in [-0.4, -0.2) is 38.5 Å². The Bertz CT molecular complexity index is 385. The first-order chi connectivity index (χ1) is 9.67. The lowest BCUT2D eigenvalue weighted by atomic mass is 10.1. The Morgan fingerprint density at radius 2 is 1.95 bits per heavy atom. The number of methoxy groups -OCH3 is 1. The van der Waals surface area contributed by atoms with E-state index >= 15 is 0 Å². The van der Waals surface area contributed by atoms with E-state index in [0.29, 0.717) is 44.1 Å². The lowest BCUT2D eigenvalue weighted by molar-refractivity contribution is 0.0642. The van der Waals surface area contributed by atoms with Crippen molar-refractivity contribution >= 4 is 11.6 Å². The number of hydrogen-bond acceptors (Lipinski definition) is 4. The topological polar surface area (TPSA) is 40.6 Å². The highest BCUT2D eigenvalue weighted by atomic mass is 35.5. The molecule has 0 spiro atoms. The van der Waals surface area contributed by atoms with E-state index in [0.717, 1.165) is 17.7 Å². The molecule has 1 aromatic heterocycles. The highest BCUT2D eigenvalue weighted by molar-refractivity contribution is 6.17. The maximum Gasteiger partial charge on any atom is 0.213 e. The van der Waals surface area contributed by atoms with Gasteiger partial charge in [0.1, 0.15) is 0 Å². The first-order valence-corrected chi connectivity index (χ1v) is 7.47. The summed E-state index contributed by atoms with van der Waals surface area (Å²) in [6.07, 6.45) is 0.827. The van der Waals surface area contributed by atoms with Crippen molar-refractivity contribution in [2.24, 2.45) is 0 Å². The van der Waals surface area contributed by atoms with Gasteiger partial charge in [-0.2, -0.15) is 0 Å². The predicted molar refractivity (Wildman–Crippen MR) is 80.7 cm³/mol. The highest BCUT2D eigenvalue weighted by Crippen LogP contribution is 2.20. The van der Waals surface area contributed by atoms with Crippen molar-refractivity contribution in [1.82, 2.24) is 4.98 Å². The molecular formula is C15H24ClNO3. The fourth-order valence-corrected chi connectivity index (χ4v) is 1.77. The minimum absolute atomic E-state index is 0.359. The van der Waals surface area contributed by atoms with Crippen LogP contribution < -0.4 is 4.74 Å². The average Bonchev–Trinajstić information content (AvgIpc) is 2.46. The molecule has 20 heavy (non-hydrogen) atoms. The largest absolute Gasteiger partial charge is 0.478 e. The number of alkyl halides is 1. The molecule has 1 aromatic rings. The van der Waals surface area contributed by atoms with Crippen molar-refractivity contribution < 1.29 is 14.2 Å². The number of pyridine rings is 1. The van der Waals surface area contributed by atoms with Gasteiger partial charge in [0.15, 0.2) is 0 Å². The van der Waals surface area contributed by atoms with E-state index in [1.165, 1.54) is 0 Å². The van der Waals surface area contributed by atoms with Crippen LogP contribution >= 0.6 is 11.6 Å². The van der Waals surface area contributed by atoms with Crippen LogP contribution in [0.4, 0.5) is 0 Å². The molecule has 0 unspecified atom stereocenters. The highest BCUT2D eigenvalue weighted by Gasteiger charge is 2.06. The summed E-state index contributed by atoms with van der Waals surface area (Å²) >= 11 is 5.89. The first-order valence-electron chi connectivity index (χ1n) is 6.93. The van der Waals surface area contributed by atoms with Crippen LogP contribution in [0.15, 0.2) is 12.1 Å². The Labute approximate surface area is 126 Å². The number of ether oxygens (including phenoxy) is 3. The zero-order valence-electron chi connectivity index (χ0n) is 12.5. The van der Waals surface area contributed by atoms with E-state index in [-0.39, 0.29) is 0 Å². The van der Waals surface area contributed by atoms with Crippen molar-refractivity contribution in [2.45, 2.75) is 32.1 Å². The average molecular weight is 302 g/mol. The van der Waals surface area contributed by atoms with Gasteiger partial charge in [0, 0.05) is 37.8 Å². The second-order valence-electron chi connectivity index (χ2n) is 4.83. The minimum Gasteiger partial charge on any atom is -0.478 e. The van der Waals surface area contributed by atoms with Gasteiger partial charge in [-0.1, -0.05) is 13.8 Å². The van der Waals surface area contributed by atoms with Gasteiger partial charge in [-0.3, -0.25) is 0 Å². The normalized spacial score (nSPS) is 11.1. The van der Waals surface area contributed by atoms with E-state index in [1.807, 2.05) is 12.1 Å². The molecule has 4 nitrogen and oxygen atoms in total. The third-order valence-electron chi connectivity index (χ3n) is 2.74. The molecule has 1 heterocycles. The van der Waals surface area contributed by atoms with Crippen molar-refractivity contribution in [3.8, 4) is 5.88 Å². The lowest BCUT2D eigenvalue weighted by Gasteiger charge is -2.11. The maximum absolute atomic E-state index is 5.89. The monoisotopic (exact) mass is 301 g/mol. The molecule has 0 aliphatic carbocycles. The Balaban J connectivity index is 2.37. The molecule has 0 amide bonds. The zero-order chi connectivity index (χ0) is 14.8. The van der Waals surface area contributed by atoms with Crippen LogP contribution in [0.3, 0.4) is 0 Å². The number of aromatic nitrogens is 1. The van der Waals surface area contributed by atoms with E-state index in [9.17, 15) is 0 Å². The van der Waals surface area contributed by atoms with Crippen molar-refractivity contribution in [1.29, 1.82) is 0 Å². The van der Waals surface area contributed by atoms with Crippen molar-refractivity contribution in [2.75, 3.05) is 33.5 Å². The van der Waals surface area contributed by atoms with Gasteiger partial charge < -0.3 is 14.2 Å². The van der Waals surface area contributed by atoms with Gasteiger partial charge >= 0.3 is 0 Å². The van der Waals surface area contributed by atoms with Crippen molar-refractivity contribution in [3.63, 3.8) is 0 Å². The maximum atomic E-state index is 5.89. The number of rotatable bonds is 10. The summed E-state index contributed by atoms with van der Waals surface area (Å²) in [5.41, 5.74) is 2.05. The van der Waals surface area contributed by atoms with E-state index in [2.05, 4.69) is 18.8 Å². The molecule has 114 valence electrons. The Morgan fingerprint density at radius 1 is 1.15 bits per heavy atom. The number of halogens is 1. The first kappa shape index (κ1) is 17.2. The molecule has 0 fully saturated rings. The summed E-state index contributed by atoms with van der Waals surface area (Å²) in [6.45, 7) is 6.70. The second kappa shape index (κ2) is 9.97. The van der Waals surface area contributed by atoms with Gasteiger partial charge in [-0.25, -0.2) is 4.98 Å². The summed E-state index contributed by atoms with van der Waals surface area (Å²) in [4.78, 5) is 4.49. The van der Waals surface area contributed by atoms with Gasteiger partial charge in [0.25, 0.3) is 0 Å². The van der Waals surface area contributed by atoms with Crippen LogP contribution in [0.5, 0.6) is 5.88 Å². The molecule has 0 radical (unpaired) electrons. The standard InChI is InChI=1S/C15H24ClNO3/c1-12(2)14-9-13(11-16)10-15(17-14)20-6-4-5-19-8-7-18-3/h9-10,12H,4-8,11H2,1-3H3. The molecule has 0 aromatic carbocycles. The molecule has 0 N–H and O–H groups in total. The number of nitrogens with zero attached hydrogens (tertiary/aromatic N) is 1. The second-order valence-corrected chi connectivity index (χ2v) is 5.10. The Hall–Kier alpha value is -0.840. The van der Waals surface area contributed by atoms with Gasteiger partial charge in [-0.05, 0) is 17.5 Å². The number of hydrogen-bond donors (Lipinski definition) is 0. The predicted octanol–water partition coefficient (Wildman–Crippen LogP) is 3.38. The van der Waals surface area contributed by atoms with E-state index in [4.69, 9.17) is 25.8 Å². The fraction of sp³-hybridized carbons (Fsp3) is 0.667. The molecule has 0 aliphatic rings. The lowest BCUT2D eigenvalue weighted by Crippen LogP contribution is -2.08. The summed E-state index contributed by atoms with van der Waals surface area (Å²) in [7, 11) is 1.66. The van der Waals surface area contributed by atoms with Crippen LogP contribution in [0.25, 0.3) is 0 Å². The Kier molecular flexibility index (Phi) is 8.58. The molecule has 0 saturated carbocycles. The summed E-state index contributed by atoms with van der Waals surface area (Å²) in [6, 6.07) is 3.92. The quantitative estimate of drug-likeness (QED) is 0.491. The SMILES string of the molecule is COCCOCCCOc1cc(CCl)cc(C(C)C)n1. The Morgan fingerprint density at radius 3 is 2.60 bits per heavy atom.